The lowest BCUT2D eigenvalue weighted by Crippen LogP contribution is -2.49. The zero-order valence-corrected chi connectivity index (χ0v) is 26.1. The molecule has 4 N–H and O–H groups in total. The molecule has 0 bridgehead atoms. The van der Waals surface area contributed by atoms with Crippen LogP contribution in [0.2, 0.25) is 0 Å². The lowest BCUT2D eigenvalue weighted by atomic mass is 9.99. The van der Waals surface area contributed by atoms with E-state index in [1.165, 1.54) is 5.69 Å². The van der Waals surface area contributed by atoms with Gasteiger partial charge in [-0.15, -0.1) is 0 Å². The number of aryl methyl sites for hydroxylation is 1. The number of anilines is 6. The molecule has 5 aromatic rings. The highest BCUT2D eigenvalue weighted by Crippen LogP contribution is 2.41. The molecule has 0 radical (unpaired) electrons. The fraction of sp³-hybridized carbons (Fsp3) is 0.314. The third kappa shape index (κ3) is 6.58. The zero-order valence-electron chi connectivity index (χ0n) is 26.1. The highest BCUT2D eigenvalue weighted by atomic mass is 15.2. The van der Waals surface area contributed by atoms with Gasteiger partial charge in [0.25, 0.3) is 0 Å². The monoisotopic (exact) mass is 587 g/mol. The molecule has 0 saturated carbocycles. The zero-order chi connectivity index (χ0) is 30.7. The summed E-state index contributed by atoms with van der Waals surface area (Å²) in [6, 6.07) is 20.9. The normalized spacial score (nSPS) is 14.1. The highest BCUT2D eigenvalue weighted by Gasteiger charge is 2.27. The van der Waals surface area contributed by atoms with Crippen molar-refractivity contribution in [2.24, 2.45) is 0 Å². The molecule has 6 rings (SSSR count). The molecular weight excluding hydrogens is 546 g/mol. The summed E-state index contributed by atoms with van der Waals surface area (Å²) < 4.78 is 0. The molecule has 1 fully saturated rings. The minimum Gasteiger partial charge on any atom is -0.383 e. The summed E-state index contributed by atoms with van der Waals surface area (Å²) in [5.41, 5.74) is 7.20. The second kappa shape index (κ2) is 12.5. The standard InChI is InChI=1S/C35H41N9/c1-23-21-26(12-13-28(23)40-30-14-18-38-33(42-30)24-9-8-17-37-22-24)39-34-31(36-5)32(27-10-6-7-11-29(27)41-34)44-19-15-25(16-20-44)43-35(2,3)4/h6-14,17-18,21-22,25,36,43H,15-16,19-20H2,1-5H3,(H,39,41)(H,38,40,42). The fourth-order valence-corrected chi connectivity index (χ4v) is 5.93. The molecule has 1 aliphatic rings. The lowest BCUT2D eigenvalue weighted by Gasteiger charge is -2.38. The number of nitrogens with zero attached hydrogens (tertiary/aromatic N) is 5. The van der Waals surface area contributed by atoms with E-state index in [0.717, 1.165) is 76.7 Å². The van der Waals surface area contributed by atoms with Crippen LogP contribution in [-0.4, -0.2) is 51.7 Å². The van der Waals surface area contributed by atoms with Gasteiger partial charge in [0.05, 0.1) is 11.2 Å². The minimum atomic E-state index is 0.115. The van der Waals surface area contributed by atoms with E-state index in [9.17, 15) is 0 Å². The molecule has 9 heteroatoms. The number of aromatic nitrogens is 4. The number of hydrogen-bond acceptors (Lipinski definition) is 9. The molecule has 2 aromatic carbocycles. The van der Waals surface area contributed by atoms with Crippen molar-refractivity contribution in [2.75, 3.05) is 41.0 Å². The SMILES string of the molecule is CNc1c(Nc2ccc(Nc3ccnc(-c4cccnc4)n3)c(C)c2)nc2ccccc2c1N1CCC(NC(C)(C)C)CC1. The van der Waals surface area contributed by atoms with E-state index in [0.29, 0.717) is 11.9 Å². The Labute approximate surface area is 259 Å². The Morgan fingerprint density at radius 3 is 2.43 bits per heavy atom. The average Bonchev–Trinajstić information content (AvgIpc) is 3.02. The van der Waals surface area contributed by atoms with E-state index in [2.05, 4.69) is 106 Å². The Morgan fingerprint density at radius 2 is 1.70 bits per heavy atom. The molecule has 3 aromatic heterocycles. The van der Waals surface area contributed by atoms with Crippen LogP contribution in [-0.2, 0) is 0 Å². The number of pyridine rings is 2. The molecule has 0 spiro atoms. The summed E-state index contributed by atoms with van der Waals surface area (Å²) in [4.78, 5) is 20.9. The van der Waals surface area contributed by atoms with Crippen LogP contribution in [0, 0.1) is 6.92 Å². The number of fused-ring (bicyclic) bond motifs is 1. The van der Waals surface area contributed by atoms with Crippen molar-refractivity contribution in [1.82, 2.24) is 25.3 Å². The summed E-state index contributed by atoms with van der Waals surface area (Å²) in [7, 11) is 1.98. The fourth-order valence-electron chi connectivity index (χ4n) is 5.93. The topological polar surface area (TPSA) is 103 Å². The summed E-state index contributed by atoms with van der Waals surface area (Å²) in [6.07, 6.45) is 7.47. The molecule has 1 aliphatic heterocycles. The van der Waals surface area contributed by atoms with Crippen molar-refractivity contribution in [1.29, 1.82) is 0 Å². The van der Waals surface area contributed by atoms with Crippen LogP contribution < -0.4 is 26.2 Å². The molecule has 1 saturated heterocycles. The van der Waals surface area contributed by atoms with Gasteiger partial charge in [-0.2, -0.15) is 0 Å². The number of piperidine rings is 1. The van der Waals surface area contributed by atoms with E-state index in [1.807, 2.05) is 25.2 Å². The predicted octanol–water partition coefficient (Wildman–Crippen LogP) is 7.28. The van der Waals surface area contributed by atoms with Gasteiger partial charge in [0.2, 0.25) is 0 Å². The van der Waals surface area contributed by atoms with Crippen molar-refractivity contribution in [3.05, 3.63) is 84.8 Å². The smallest absolute Gasteiger partial charge is 0.163 e. The van der Waals surface area contributed by atoms with Crippen molar-refractivity contribution < 1.29 is 0 Å². The van der Waals surface area contributed by atoms with Gasteiger partial charge < -0.3 is 26.2 Å². The number of nitrogens with one attached hydrogen (secondary N) is 4. The van der Waals surface area contributed by atoms with Gasteiger partial charge in [-0.05, 0) is 88.6 Å². The highest BCUT2D eigenvalue weighted by molar-refractivity contribution is 6.03. The molecule has 0 aliphatic carbocycles. The maximum Gasteiger partial charge on any atom is 0.163 e. The summed E-state index contributed by atoms with van der Waals surface area (Å²) >= 11 is 0. The average molecular weight is 588 g/mol. The summed E-state index contributed by atoms with van der Waals surface area (Å²) in [5.74, 6) is 2.17. The molecular formula is C35H41N9. The van der Waals surface area contributed by atoms with Gasteiger partial charge in [0, 0.05) is 72.6 Å². The number of rotatable bonds is 8. The van der Waals surface area contributed by atoms with Crippen LogP contribution in [0.3, 0.4) is 0 Å². The van der Waals surface area contributed by atoms with Gasteiger partial charge in [-0.1, -0.05) is 18.2 Å². The molecule has 9 nitrogen and oxygen atoms in total. The Morgan fingerprint density at radius 1 is 0.886 bits per heavy atom. The minimum absolute atomic E-state index is 0.115. The van der Waals surface area contributed by atoms with Crippen molar-refractivity contribution in [3.8, 4) is 11.4 Å². The first-order valence-electron chi connectivity index (χ1n) is 15.3. The molecule has 226 valence electrons. The predicted molar refractivity (Wildman–Crippen MR) is 182 cm³/mol. The maximum absolute atomic E-state index is 5.07. The van der Waals surface area contributed by atoms with E-state index in [-0.39, 0.29) is 5.54 Å². The Hall–Kier alpha value is -4.76. The Bertz CT molecular complexity index is 1740. The number of benzene rings is 2. The van der Waals surface area contributed by atoms with Crippen LogP contribution in [0.25, 0.3) is 22.3 Å². The molecule has 0 atom stereocenters. The van der Waals surface area contributed by atoms with E-state index in [4.69, 9.17) is 9.97 Å². The summed E-state index contributed by atoms with van der Waals surface area (Å²) in [5, 5.41) is 15.5. The number of para-hydroxylation sites is 1. The van der Waals surface area contributed by atoms with Crippen LogP contribution in [0.1, 0.15) is 39.2 Å². The van der Waals surface area contributed by atoms with E-state index >= 15 is 0 Å². The molecule has 44 heavy (non-hydrogen) atoms. The molecule has 4 heterocycles. The van der Waals surface area contributed by atoms with E-state index < -0.39 is 0 Å². The third-order valence-corrected chi connectivity index (χ3v) is 7.89. The molecule has 0 unspecified atom stereocenters. The second-order valence-corrected chi connectivity index (χ2v) is 12.4. The first kappa shape index (κ1) is 29.3. The lowest BCUT2D eigenvalue weighted by molar-refractivity contribution is 0.317. The van der Waals surface area contributed by atoms with Gasteiger partial charge in [0.1, 0.15) is 11.5 Å². The van der Waals surface area contributed by atoms with Crippen LogP contribution in [0.15, 0.2) is 79.3 Å². The van der Waals surface area contributed by atoms with Crippen molar-refractivity contribution >= 4 is 45.3 Å². The molecule has 0 amide bonds. The van der Waals surface area contributed by atoms with Crippen molar-refractivity contribution in [3.63, 3.8) is 0 Å². The quantitative estimate of drug-likeness (QED) is 0.149. The first-order valence-corrected chi connectivity index (χ1v) is 15.3. The van der Waals surface area contributed by atoms with Crippen molar-refractivity contribution in [2.45, 2.75) is 52.1 Å². The van der Waals surface area contributed by atoms with Gasteiger partial charge >= 0.3 is 0 Å². The maximum atomic E-state index is 5.07. The Kier molecular flexibility index (Phi) is 8.30. The summed E-state index contributed by atoms with van der Waals surface area (Å²) in [6.45, 7) is 10.8. The van der Waals surface area contributed by atoms with Gasteiger partial charge in [0.15, 0.2) is 11.6 Å². The first-order chi connectivity index (χ1) is 21.3. The third-order valence-electron chi connectivity index (χ3n) is 7.89. The largest absolute Gasteiger partial charge is 0.383 e. The van der Waals surface area contributed by atoms with E-state index in [1.54, 1.807) is 18.6 Å². The van der Waals surface area contributed by atoms with Gasteiger partial charge in [-0.25, -0.2) is 15.0 Å². The van der Waals surface area contributed by atoms with Crippen LogP contribution in [0.4, 0.5) is 34.4 Å². The second-order valence-electron chi connectivity index (χ2n) is 12.4. The Balaban J connectivity index is 1.25. The van der Waals surface area contributed by atoms with Crippen LogP contribution in [0.5, 0.6) is 0 Å². The van der Waals surface area contributed by atoms with Crippen LogP contribution >= 0.6 is 0 Å². The number of hydrogen-bond donors (Lipinski definition) is 4. The van der Waals surface area contributed by atoms with Gasteiger partial charge in [-0.3, -0.25) is 4.98 Å².